The highest BCUT2D eigenvalue weighted by Crippen LogP contribution is 2.30. The Balaban J connectivity index is 2.13. The molecule has 5 heteroatoms. The number of aromatic nitrogens is 4. The summed E-state index contributed by atoms with van der Waals surface area (Å²) in [5.74, 6) is 0.419. The summed E-state index contributed by atoms with van der Waals surface area (Å²) >= 11 is 0. The van der Waals surface area contributed by atoms with E-state index < -0.39 is 0 Å². The summed E-state index contributed by atoms with van der Waals surface area (Å²) < 4.78 is 0. The SMILES string of the molecule is Nc1nnc(-c2nncc3ccccc23)c2ccccc12. The van der Waals surface area contributed by atoms with Gasteiger partial charge in [0.2, 0.25) is 0 Å². The minimum Gasteiger partial charge on any atom is -0.382 e. The Morgan fingerprint density at radius 1 is 0.667 bits per heavy atom. The second-order valence-electron chi connectivity index (χ2n) is 4.76. The van der Waals surface area contributed by atoms with Gasteiger partial charge in [0, 0.05) is 21.5 Å². The van der Waals surface area contributed by atoms with E-state index in [1.165, 1.54) is 0 Å². The lowest BCUT2D eigenvalue weighted by Crippen LogP contribution is -1.99. The van der Waals surface area contributed by atoms with E-state index in [0.717, 1.165) is 27.2 Å². The fraction of sp³-hybridized carbons (Fsp3) is 0. The van der Waals surface area contributed by atoms with Crippen molar-refractivity contribution >= 4 is 27.4 Å². The third-order valence-electron chi connectivity index (χ3n) is 3.51. The van der Waals surface area contributed by atoms with Gasteiger partial charge < -0.3 is 5.73 Å². The van der Waals surface area contributed by atoms with Crippen molar-refractivity contribution in [1.29, 1.82) is 0 Å². The molecule has 0 amide bonds. The molecule has 0 saturated heterocycles. The minimum atomic E-state index is 0.419. The van der Waals surface area contributed by atoms with E-state index in [1.54, 1.807) is 6.20 Å². The zero-order valence-electron chi connectivity index (χ0n) is 11.1. The van der Waals surface area contributed by atoms with Crippen molar-refractivity contribution < 1.29 is 0 Å². The van der Waals surface area contributed by atoms with Crippen LogP contribution < -0.4 is 5.73 Å². The topological polar surface area (TPSA) is 77.6 Å². The van der Waals surface area contributed by atoms with Crippen LogP contribution in [-0.2, 0) is 0 Å². The molecule has 100 valence electrons. The molecule has 21 heavy (non-hydrogen) atoms. The summed E-state index contributed by atoms with van der Waals surface area (Å²) in [5, 5.41) is 20.4. The molecule has 0 aliphatic rings. The van der Waals surface area contributed by atoms with Crippen LogP contribution in [0.15, 0.2) is 54.7 Å². The molecule has 0 radical (unpaired) electrons. The van der Waals surface area contributed by atoms with Crippen LogP contribution in [0.3, 0.4) is 0 Å². The summed E-state index contributed by atoms with van der Waals surface area (Å²) in [4.78, 5) is 0. The van der Waals surface area contributed by atoms with E-state index in [4.69, 9.17) is 5.73 Å². The van der Waals surface area contributed by atoms with E-state index >= 15 is 0 Å². The van der Waals surface area contributed by atoms with Crippen molar-refractivity contribution in [2.75, 3.05) is 5.73 Å². The van der Waals surface area contributed by atoms with Gasteiger partial charge in [-0.1, -0.05) is 48.5 Å². The lowest BCUT2D eigenvalue weighted by atomic mass is 10.0. The van der Waals surface area contributed by atoms with Gasteiger partial charge in [-0.3, -0.25) is 0 Å². The maximum atomic E-state index is 5.91. The van der Waals surface area contributed by atoms with Crippen molar-refractivity contribution in [2.24, 2.45) is 0 Å². The number of fused-ring (bicyclic) bond motifs is 2. The van der Waals surface area contributed by atoms with Gasteiger partial charge in [0.05, 0.1) is 6.20 Å². The number of nitrogen functional groups attached to an aromatic ring is 1. The van der Waals surface area contributed by atoms with Gasteiger partial charge in [0.1, 0.15) is 11.4 Å². The molecule has 0 aliphatic heterocycles. The van der Waals surface area contributed by atoms with E-state index in [2.05, 4.69) is 20.4 Å². The average Bonchev–Trinajstić information content (AvgIpc) is 2.55. The summed E-state index contributed by atoms with van der Waals surface area (Å²) in [6, 6.07) is 15.7. The van der Waals surface area contributed by atoms with Gasteiger partial charge in [0.15, 0.2) is 5.82 Å². The monoisotopic (exact) mass is 273 g/mol. The predicted octanol–water partition coefficient (Wildman–Crippen LogP) is 2.82. The fourth-order valence-electron chi connectivity index (χ4n) is 2.50. The zero-order chi connectivity index (χ0) is 14.2. The van der Waals surface area contributed by atoms with Gasteiger partial charge in [-0.2, -0.15) is 5.10 Å². The quantitative estimate of drug-likeness (QED) is 0.577. The lowest BCUT2D eigenvalue weighted by Gasteiger charge is -2.07. The molecule has 2 N–H and O–H groups in total. The van der Waals surface area contributed by atoms with Crippen LogP contribution in [0.5, 0.6) is 0 Å². The first-order chi connectivity index (χ1) is 10.3. The van der Waals surface area contributed by atoms with E-state index in [1.807, 2.05) is 48.5 Å². The molecule has 0 fully saturated rings. The van der Waals surface area contributed by atoms with Crippen LogP contribution in [0, 0.1) is 0 Å². The molecule has 4 rings (SSSR count). The fourth-order valence-corrected chi connectivity index (χ4v) is 2.50. The van der Waals surface area contributed by atoms with Crippen LogP contribution in [0.1, 0.15) is 0 Å². The molecule has 5 nitrogen and oxygen atoms in total. The molecule has 0 unspecified atom stereocenters. The number of hydrogen-bond donors (Lipinski definition) is 1. The molecule has 0 saturated carbocycles. The van der Waals surface area contributed by atoms with Crippen LogP contribution in [0.25, 0.3) is 32.9 Å². The Labute approximate surface area is 120 Å². The average molecular weight is 273 g/mol. The normalized spacial score (nSPS) is 11.0. The van der Waals surface area contributed by atoms with E-state index in [0.29, 0.717) is 11.5 Å². The molecule has 0 aliphatic carbocycles. The summed E-state index contributed by atoms with van der Waals surface area (Å²) in [6.45, 7) is 0. The van der Waals surface area contributed by atoms with Crippen molar-refractivity contribution in [3.8, 4) is 11.4 Å². The molecule has 0 spiro atoms. The molecular formula is C16H11N5. The van der Waals surface area contributed by atoms with E-state index in [-0.39, 0.29) is 0 Å². The summed E-state index contributed by atoms with van der Waals surface area (Å²) in [6.07, 6.45) is 1.74. The Morgan fingerprint density at radius 2 is 1.33 bits per heavy atom. The zero-order valence-corrected chi connectivity index (χ0v) is 11.1. The maximum absolute atomic E-state index is 5.91. The molecular weight excluding hydrogens is 262 g/mol. The Bertz CT molecular complexity index is 959. The van der Waals surface area contributed by atoms with Crippen LogP contribution >= 0.6 is 0 Å². The molecule has 2 aromatic heterocycles. The smallest absolute Gasteiger partial charge is 0.154 e. The number of benzene rings is 2. The second-order valence-corrected chi connectivity index (χ2v) is 4.76. The second kappa shape index (κ2) is 4.49. The molecule has 4 aromatic rings. The number of nitrogens with two attached hydrogens (primary N) is 1. The highest BCUT2D eigenvalue weighted by atomic mass is 15.2. The third-order valence-corrected chi connectivity index (χ3v) is 3.51. The Hall–Kier alpha value is -3.08. The van der Waals surface area contributed by atoms with Crippen LogP contribution in [0.2, 0.25) is 0 Å². The van der Waals surface area contributed by atoms with Gasteiger partial charge in [-0.25, -0.2) is 0 Å². The predicted molar refractivity (Wildman–Crippen MR) is 82.5 cm³/mol. The summed E-state index contributed by atoms with van der Waals surface area (Å²) in [7, 11) is 0. The van der Waals surface area contributed by atoms with Crippen molar-refractivity contribution in [1.82, 2.24) is 20.4 Å². The first-order valence-electron chi connectivity index (χ1n) is 6.56. The molecule has 2 heterocycles. The standard InChI is InChI=1S/C16H11N5/c17-16-13-8-4-3-7-12(13)15(20-21-16)14-11-6-2-1-5-10(11)9-18-19-14/h1-9H,(H2,17,21). The van der Waals surface area contributed by atoms with E-state index in [9.17, 15) is 0 Å². The third kappa shape index (κ3) is 1.79. The maximum Gasteiger partial charge on any atom is 0.154 e. The summed E-state index contributed by atoms with van der Waals surface area (Å²) in [5.41, 5.74) is 7.32. The van der Waals surface area contributed by atoms with Gasteiger partial charge in [0.25, 0.3) is 0 Å². The number of hydrogen-bond acceptors (Lipinski definition) is 5. The largest absolute Gasteiger partial charge is 0.382 e. The Kier molecular flexibility index (Phi) is 2.50. The number of rotatable bonds is 1. The van der Waals surface area contributed by atoms with Crippen LogP contribution in [-0.4, -0.2) is 20.4 Å². The molecule has 2 aromatic carbocycles. The molecule has 0 bridgehead atoms. The lowest BCUT2D eigenvalue weighted by molar-refractivity contribution is 1.02. The first-order valence-corrected chi connectivity index (χ1v) is 6.56. The minimum absolute atomic E-state index is 0.419. The number of anilines is 1. The van der Waals surface area contributed by atoms with Crippen molar-refractivity contribution in [3.05, 3.63) is 54.7 Å². The first kappa shape index (κ1) is 11.7. The van der Waals surface area contributed by atoms with Crippen LogP contribution in [0.4, 0.5) is 5.82 Å². The van der Waals surface area contributed by atoms with Crippen molar-refractivity contribution in [3.63, 3.8) is 0 Å². The van der Waals surface area contributed by atoms with Crippen molar-refractivity contribution in [2.45, 2.75) is 0 Å². The highest BCUT2D eigenvalue weighted by molar-refractivity contribution is 6.04. The Morgan fingerprint density at radius 3 is 2.19 bits per heavy atom. The van der Waals surface area contributed by atoms with Gasteiger partial charge in [-0.05, 0) is 0 Å². The highest BCUT2D eigenvalue weighted by Gasteiger charge is 2.13. The van der Waals surface area contributed by atoms with Gasteiger partial charge >= 0.3 is 0 Å². The number of nitrogens with zero attached hydrogens (tertiary/aromatic N) is 4. The van der Waals surface area contributed by atoms with Gasteiger partial charge in [-0.15, -0.1) is 15.3 Å². The molecule has 0 atom stereocenters.